The third-order valence-electron chi connectivity index (χ3n) is 3.95. The SMILES string of the molecule is C1CCC2(C1)CCCC1O[C@H]12. The van der Waals surface area contributed by atoms with Crippen LogP contribution in [0.5, 0.6) is 0 Å². The van der Waals surface area contributed by atoms with Gasteiger partial charge in [-0.05, 0) is 31.1 Å². The molecular weight excluding hydrogens is 136 g/mol. The molecule has 0 aromatic heterocycles. The minimum absolute atomic E-state index is 0.683. The van der Waals surface area contributed by atoms with Gasteiger partial charge in [0.1, 0.15) is 0 Å². The molecule has 1 nitrogen and oxygen atoms in total. The first kappa shape index (κ1) is 6.47. The van der Waals surface area contributed by atoms with Crippen LogP contribution in [-0.2, 0) is 4.74 Å². The van der Waals surface area contributed by atoms with Gasteiger partial charge in [0.2, 0.25) is 0 Å². The molecule has 0 aromatic rings. The Kier molecular flexibility index (Phi) is 1.18. The fourth-order valence-electron chi connectivity index (χ4n) is 3.31. The van der Waals surface area contributed by atoms with Crippen LogP contribution in [-0.4, -0.2) is 12.2 Å². The molecule has 2 aliphatic carbocycles. The van der Waals surface area contributed by atoms with E-state index in [-0.39, 0.29) is 0 Å². The largest absolute Gasteiger partial charge is 0.369 e. The Morgan fingerprint density at radius 3 is 2.55 bits per heavy atom. The van der Waals surface area contributed by atoms with E-state index in [9.17, 15) is 0 Å². The van der Waals surface area contributed by atoms with Crippen molar-refractivity contribution >= 4 is 0 Å². The Bertz CT molecular complexity index is 170. The summed E-state index contributed by atoms with van der Waals surface area (Å²) in [5.74, 6) is 0. The summed E-state index contributed by atoms with van der Waals surface area (Å²) in [6.45, 7) is 0. The van der Waals surface area contributed by atoms with E-state index < -0.39 is 0 Å². The summed E-state index contributed by atoms with van der Waals surface area (Å²) in [6, 6.07) is 0. The average Bonchev–Trinajstić information content (AvgIpc) is 2.68. The van der Waals surface area contributed by atoms with Crippen molar-refractivity contribution in [3.8, 4) is 0 Å². The van der Waals surface area contributed by atoms with Crippen LogP contribution in [0.1, 0.15) is 44.9 Å². The predicted octanol–water partition coefficient (Wildman–Crippen LogP) is 2.50. The molecule has 62 valence electrons. The van der Waals surface area contributed by atoms with Crippen molar-refractivity contribution in [3.63, 3.8) is 0 Å². The van der Waals surface area contributed by atoms with Crippen LogP contribution < -0.4 is 0 Å². The Hall–Kier alpha value is -0.0400. The molecule has 0 N–H and O–H groups in total. The zero-order valence-corrected chi connectivity index (χ0v) is 7.01. The molecule has 3 aliphatic rings. The second-order valence-electron chi connectivity index (χ2n) is 4.56. The standard InChI is InChI=1S/C10H16O/c1-2-6-10(5-1)7-3-4-8-9(10)11-8/h8-9H,1-7H2/t8?,9-/m1/s1. The van der Waals surface area contributed by atoms with E-state index in [1.165, 1.54) is 44.9 Å². The van der Waals surface area contributed by atoms with Crippen molar-refractivity contribution in [2.75, 3.05) is 0 Å². The van der Waals surface area contributed by atoms with E-state index in [2.05, 4.69) is 0 Å². The molecule has 2 atom stereocenters. The highest BCUT2D eigenvalue weighted by Crippen LogP contribution is 2.57. The maximum absolute atomic E-state index is 5.72. The monoisotopic (exact) mass is 152 g/mol. The molecule has 1 heterocycles. The van der Waals surface area contributed by atoms with E-state index >= 15 is 0 Å². The first-order chi connectivity index (χ1) is 5.41. The lowest BCUT2D eigenvalue weighted by Crippen LogP contribution is -2.28. The van der Waals surface area contributed by atoms with Crippen LogP contribution in [0.25, 0.3) is 0 Å². The van der Waals surface area contributed by atoms with E-state index in [0.29, 0.717) is 17.6 Å². The molecule has 1 heteroatoms. The van der Waals surface area contributed by atoms with Gasteiger partial charge in [-0.25, -0.2) is 0 Å². The van der Waals surface area contributed by atoms with Crippen molar-refractivity contribution in [2.24, 2.45) is 5.41 Å². The maximum Gasteiger partial charge on any atom is 0.0897 e. The lowest BCUT2D eigenvalue weighted by molar-refractivity contribution is 0.185. The summed E-state index contributed by atoms with van der Waals surface area (Å²) in [7, 11) is 0. The van der Waals surface area contributed by atoms with Crippen molar-refractivity contribution in [1.29, 1.82) is 0 Å². The fourth-order valence-corrected chi connectivity index (χ4v) is 3.31. The molecule has 1 spiro atoms. The van der Waals surface area contributed by atoms with E-state index in [1.807, 2.05) is 0 Å². The van der Waals surface area contributed by atoms with Gasteiger partial charge in [-0.15, -0.1) is 0 Å². The number of fused-ring (bicyclic) bond motifs is 2. The van der Waals surface area contributed by atoms with Crippen molar-refractivity contribution < 1.29 is 4.74 Å². The zero-order valence-electron chi connectivity index (χ0n) is 7.01. The number of ether oxygens (including phenoxy) is 1. The number of rotatable bonds is 0. The van der Waals surface area contributed by atoms with E-state index in [0.717, 1.165) is 0 Å². The van der Waals surface area contributed by atoms with E-state index in [1.54, 1.807) is 0 Å². The third kappa shape index (κ3) is 0.807. The molecule has 3 rings (SSSR count). The van der Waals surface area contributed by atoms with Gasteiger partial charge in [0.25, 0.3) is 0 Å². The number of hydrogen-bond donors (Lipinski definition) is 0. The lowest BCUT2D eigenvalue weighted by atomic mass is 9.73. The molecule has 0 aromatic carbocycles. The van der Waals surface area contributed by atoms with Gasteiger partial charge < -0.3 is 4.74 Å². The first-order valence-electron chi connectivity index (χ1n) is 5.06. The van der Waals surface area contributed by atoms with Crippen molar-refractivity contribution in [3.05, 3.63) is 0 Å². The van der Waals surface area contributed by atoms with Crippen LogP contribution in [0.3, 0.4) is 0 Å². The van der Waals surface area contributed by atoms with Gasteiger partial charge >= 0.3 is 0 Å². The van der Waals surface area contributed by atoms with Gasteiger partial charge in [0.05, 0.1) is 12.2 Å². The minimum atomic E-state index is 0.683. The van der Waals surface area contributed by atoms with Gasteiger partial charge in [0, 0.05) is 0 Å². The predicted molar refractivity (Wildman–Crippen MR) is 43.4 cm³/mol. The van der Waals surface area contributed by atoms with E-state index in [4.69, 9.17) is 4.74 Å². The van der Waals surface area contributed by atoms with Crippen LogP contribution in [0, 0.1) is 5.41 Å². The van der Waals surface area contributed by atoms with Gasteiger partial charge in [0.15, 0.2) is 0 Å². The summed E-state index contributed by atoms with van der Waals surface area (Å²) < 4.78 is 5.72. The van der Waals surface area contributed by atoms with Crippen molar-refractivity contribution in [2.45, 2.75) is 57.2 Å². The second-order valence-corrected chi connectivity index (χ2v) is 4.56. The maximum atomic E-state index is 5.72. The molecule has 0 bridgehead atoms. The smallest absolute Gasteiger partial charge is 0.0897 e. The molecule has 1 unspecified atom stereocenters. The zero-order chi connectivity index (χ0) is 7.31. The second kappa shape index (κ2) is 2.01. The molecule has 1 saturated heterocycles. The Labute approximate surface area is 68.1 Å². The summed E-state index contributed by atoms with van der Waals surface area (Å²) in [6.07, 6.45) is 11.5. The molecule has 11 heavy (non-hydrogen) atoms. The van der Waals surface area contributed by atoms with Gasteiger partial charge in [-0.1, -0.05) is 19.3 Å². The third-order valence-corrected chi connectivity index (χ3v) is 3.95. The van der Waals surface area contributed by atoms with Crippen LogP contribution >= 0.6 is 0 Å². The minimum Gasteiger partial charge on any atom is -0.369 e. The molecule has 0 radical (unpaired) electrons. The van der Waals surface area contributed by atoms with Gasteiger partial charge in [-0.3, -0.25) is 0 Å². The van der Waals surface area contributed by atoms with Crippen molar-refractivity contribution in [1.82, 2.24) is 0 Å². The molecule has 1 aliphatic heterocycles. The summed E-state index contributed by atoms with van der Waals surface area (Å²) in [5, 5.41) is 0. The highest BCUT2D eigenvalue weighted by atomic mass is 16.6. The van der Waals surface area contributed by atoms with Crippen LogP contribution in [0.4, 0.5) is 0 Å². The molecule has 3 fully saturated rings. The molecular formula is C10H16O. The Balaban J connectivity index is 1.84. The van der Waals surface area contributed by atoms with Crippen LogP contribution in [0.15, 0.2) is 0 Å². The number of epoxide rings is 1. The topological polar surface area (TPSA) is 12.5 Å². The summed E-state index contributed by atoms with van der Waals surface area (Å²) >= 11 is 0. The molecule has 0 amide bonds. The highest BCUT2D eigenvalue weighted by Gasteiger charge is 2.57. The normalized spacial score (nSPS) is 45.8. The summed E-state index contributed by atoms with van der Waals surface area (Å²) in [4.78, 5) is 0. The average molecular weight is 152 g/mol. The first-order valence-corrected chi connectivity index (χ1v) is 5.06. The Morgan fingerprint density at radius 2 is 1.73 bits per heavy atom. The van der Waals surface area contributed by atoms with Crippen LogP contribution in [0.2, 0.25) is 0 Å². The van der Waals surface area contributed by atoms with Gasteiger partial charge in [-0.2, -0.15) is 0 Å². The highest BCUT2D eigenvalue weighted by molar-refractivity contribution is 5.05. The summed E-state index contributed by atoms with van der Waals surface area (Å²) in [5.41, 5.74) is 0.683. The Morgan fingerprint density at radius 1 is 1.00 bits per heavy atom. The number of hydrogen-bond acceptors (Lipinski definition) is 1. The molecule has 2 saturated carbocycles. The lowest BCUT2D eigenvalue weighted by Gasteiger charge is -2.29. The quantitative estimate of drug-likeness (QED) is 0.486. The fraction of sp³-hybridized carbons (Fsp3) is 1.00.